The third-order valence-corrected chi connectivity index (χ3v) is 5.82. The average Bonchev–Trinajstić information content (AvgIpc) is 3.34. The van der Waals surface area contributed by atoms with E-state index in [0.29, 0.717) is 40.8 Å². The molecule has 2 aliphatic heterocycles. The minimum Gasteiger partial charge on any atom is -0.507 e. The van der Waals surface area contributed by atoms with Crippen molar-refractivity contribution in [1.82, 2.24) is 15.2 Å². The molecule has 1 unspecified atom stereocenters. The largest absolute Gasteiger partial charge is 0.507 e. The van der Waals surface area contributed by atoms with Gasteiger partial charge in [-0.1, -0.05) is 17.4 Å². The Balaban J connectivity index is 1.68. The number of Topliss-reactive ketones (excluding diaryl/α,β-unsaturated/α-hetero) is 1. The molecule has 5 rings (SSSR count). The Kier molecular flexibility index (Phi) is 4.63. The molecule has 1 amide bonds. The first-order valence-electron chi connectivity index (χ1n) is 9.45. The zero-order valence-electron chi connectivity index (χ0n) is 16.3. The molecular formula is C21H16N4O5S. The second kappa shape index (κ2) is 7.47. The second-order valence-corrected chi connectivity index (χ2v) is 8.08. The number of hydrogen-bond donors (Lipinski definition) is 1. The first-order chi connectivity index (χ1) is 15.0. The number of aromatic nitrogens is 3. The van der Waals surface area contributed by atoms with Crippen LogP contribution in [0.3, 0.4) is 0 Å². The molecule has 31 heavy (non-hydrogen) atoms. The third-order valence-electron chi connectivity index (χ3n) is 4.98. The predicted molar refractivity (Wildman–Crippen MR) is 111 cm³/mol. The third kappa shape index (κ3) is 3.21. The molecule has 1 aromatic carbocycles. The number of rotatable bonds is 3. The summed E-state index contributed by atoms with van der Waals surface area (Å²) in [6.07, 6.45) is 3.14. The van der Waals surface area contributed by atoms with Crippen molar-refractivity contribution in [1.29, 1.82) is 0 Å². The minimum absolute atomic E-state index is 0.0532. The van der Waals surface area contributed by atoms with Gasteiger partial charge in [0, 0.05) is 18.0 Å². The van der Waals surface area contributed by atoms with Crippen LogP contribution >= 0.6 is 11.3 Å². The van der Waals surface area contributed by atoms with Crippen LogP contribution < -0.4 is 14.4 Å². The fourth-order valence-corrected chi connectivity index (χ4v) is 4.33. The SMILES string of the molecule is Cc1nnc(N2C(=O)C(=O)/C(=C(/O)c3ccc4c(c3)OCCO4)C2c2cccnc2)s1. The number of ketones is 1. The van der Waals surface area contributed by atoms with Gasteiger partial charge in [-0.15, -0.1) is 10.2 Å². The monoisotopic (exact) mass is 436 g/mol. The number of carbonyl (C=O) groups excluding carboxylic acids is 2. The maximum atomic E-state index is 13.1. The van der Waals surface area contributed by atoms with Crippen LogP contribution in [0.5, 0.6) is 11.5 Å². The fraction of sp³-hybridized carbons (Fsp3) is 0.190. The number of nitrogens with zero attached hydrogens (tertiary/aromatic N) is 4. The molecular weight excluding hydrogens is 420 g/mol. The lowest BCUT2D eigenvalue weighted by atomic mass is 9.96. The van der Waals surface area contributed by atoms with Gasteiger partial charge in [0.15, 0.2) is 11.5 Å². The van der Waals surface area contributed by atoms with Crippen LogP contribution in [-0.4, -0.2) is 45.2 Å². The van der Waals surface area contributed by atoms with Gasteiger partial charge >= 0.3 is 5.91 Å². The summed E-state index contributed by atoms with van der Waals surface area (Å²) in [7, 11) is 0. The standard InChI is InChI=1S/C21H16N4O5S/c1-11-23-24-21(31-11)25-17(13-3-2-6-22-10-13)16(19(27)20(25)28)18(26)12-4-5-14-15(9-12)30-8-7-29-14/h2-6,9-10,17,26H,7-8H2,1H3/b18-16+. The Labute approximate surface area is 180 Å². The average molecular weight is 436 g/mol. The van der Waals surface area contributed by atoms with Gasteiger partial charge in [0.05, 0.1) is 11.6 Å². The van der Waals surface area contributed by atoms with E-state index in [1.807, 2.05) is 0 Å². The highest BCUT2D eigenvalue weighted by Gasteiger charge is 2.48. The number of carbonyl (C=O) groups is 2. The van der Waals surface area contributed by atoms with Crippen molar-refractivity contribution < 1.29 is 24.2 Å². The lowest BCUT2D eigenvalue weighted by Crippen LogP contribution is -2.29. The summed E-state index contributed by atoms with van der Waals surface area (Å²) in [5, 5.41) is 20.1. The van der Waals surface area contributed by atoms with Gasteiger partial charge in [-0.25, -0.2) is 0 Å². The zero-order chi connectivity index (χ0) is 21.5. The quantitative estimate of drug-likeness (QED) is 0.379. The highest BCUT2D eigenvalue weighted by Crippen LogP contribution is 2.43. The molecule has 1 fully saturated rings. The van der Waals surface area contributed by atoms with Gasteiger partial charge in [0.25, 0.3) is 5.78 Å². The van der Waals surface area contributed by atoms with Crippen molar-refractivity contribution in [2.75, 3.05) is 18.1 Å². The highest BCUT2D eigenvalue weighted by atomic mass is 32.1. The van der Waals surface area contributed by atoms with Crippen LogP contribution in [0.1, 0.15) is 22.2 Å². The molecule has 3 aromatic rings. The zero-order valence-corrected chi connectivity index (χ0v) is 17.1. The molecule has 0 radical (unpaired) electrons. The number of pyridine rings is 1. The first-order valence-corrected chi connectivity index (χ1v) is 10.3. The molecule has 4 heterocycles. The lowest BCUT2D eigenvalue weighted by molar-refractivity contribution is -0.132. The van der Waals surface area contributed by atoms with E-state index in [1.54, 1.807) is 49.6 Å². The van der Waals surface area contributed by atoms with E-state index >= 15 is 0 Å². The molecule has 9 nitrogen and oxygen atoms in total. The van der Waals surface area contributed by atoms with E-state index in [1.165, 1.54) is 16.2 Å². The number of amides is 1. The van der Waals surface area contributed by atoms with Crippen LogP contribution in [0, 0.1) is 6.92 Å². The highest BCUT2D eigenvalue weighted by molar-refractivity contribution is 7.15. The van der Waals surface area contributed by atoms with Gasteiger partial charge < -0.3 is 14.6 Å². The maximum absolute atomic E-state index is 13.1. The molecule has 1 saturated heterocycles. The van der Waals surface area contributed by atoms with E-state index in [2.05, 4.69) is 15.2 Å². The Morgan fingerprint density at radius 3 is 2.68 bits per heavy atom. The molecule has 2 aromatic heterocycles. The molecule has 0 bridgehead atoms. The molecule has 0 aliphatic carbocycles. The van der Waals surface area contributed by atoms with Gasteiger partial charge in [0.1, 0.15) is 24.0 Å². The van der Waals surface area contributed by atoms with E-state index in [9.17, 15) is 14.7 Å². The normalized spacial score (nSPS) is 19.6. The second-order valence-electron chi connectivity index (χ2n) is 6.92. The number of aliphatic hydroxyl groups excluding tert-OH is 1. The molecule has 1 atom stereocenters. The van der Waals surface area contributed by atoms with Crippen LogP contribution in [0.15, 0.2) is 48.3 Å². The van der Waals surface area contributed by atoms with Crippen molar-refractivity contribution in [3.63, 3.8) is 0 Å². The van der Waals surface area contributed by atoms with E-state index in [-0.39, 0.29) is 16.5 Å². The van der Waals surface area contributed by atoms with Crippen molar-refractivity contribution in [2.24, 2.45) is 0 Å². The smallest absolute Gasteiger partial charge is 0.301 e. The van der Waals surface area contributed by atoms with Crippen LogP contribution in [0.25, 0.3) is 5.76 Å². The number of aliphatic hydroxyl groups is 1. The molecule has 156 valence electrons. The Morgan fingerprint density at radius 1 is 1.16 bits per heavy atom. The number of benzene rings is 1. The summed E-state index contributed by atoms with van der Waals surface area (Å²) >= 11 is 1.19. The molecule has 0 saturated carbocycles. The minimum atomic E-state index is -0.894. The first kappa shape index (κ1) is 19.2. The van der Waals surface area contributed by atoms with E-state index in [0.717, 1.165) is 0 Å². The van der Waals surface area contributed by atoms with E-state index in [4.69, 9.17) is 9.47 Å². The fourth-order valence-electron chi connectivity index (χ4n) is 3.61. The summed E-state index contributed by atoms with van der Waals surface area (Å²) in [6.45, 7) is 2.57. The number of ether oxygens (including phenoxy) is 2. The molecule has 2 aliphatic rings. The summed E-state index contributed by atoms with van der Waals surface area (Å²) in [4.78, 5) is 31.4. The van der Waals surface area contributed by atoms with Crippen molar-refractivity contribution in [3.8, 4) is 11.5 Å². The summed E-state index contributed by atoms with van der Waals surface area (Å²) in [5.41, 5.74) is 0.848. The van der Waals surface area contributed by atoms with Crippen molar-refractivity contribution in [3.05, 3.63) is 64.4 Å². The summed E-state index contributed by atoms with van der Waals surface area (Å²) in [6, 6.07) is 7.41. The van der Waals surface area contributed by atoms with Crippen molar-refractivity contribution >= 4 is 33.9 Å². The predicted octanol–water partition coefficient (Wildman–Crippen LogP) is 2.64. The van der Waals surface area contributed by atoms with Crippen LogP contribution in [0.4, 0.5) is 5.13 Å². The van der Waals surface area contributed by atoms with Crippen LogP contribution in [-0.2, 0) is 9.59 Å². The molecule has 0 spiro atoms. The lowest BCUT2D eigenvalue weighted by Gasteiger charge is -2.22. The topological polar surface area (TPSA) is 115 Å². The van der Waals surface area contributed by atoms with Crippen LogP contribution in [0.2, 0.25) is 0 Å². The summed E-state index contributed by atoms with van der Waals surface area (Å²) < 4.78 is 11.1. The molecule has 1 N–H and O–H groups in total. The van der Waals surface area contributed by atoms with Crippen molar-refractivity contribution in [2.45, 2.75) is 13.0 Å². The Bertz CT molecular complexity index is 1220. The number of anilines is 1. The van der Waals surface area contributed by atoms with Gasteiger partial charge in [-0.05, 0) is 36.8 Å². The number of fused-ring (bicyclic) bond motifs is 1. The van der Waals surface area contributed by atoms with Gasteiger partial charge in [-0.2, -0.15) is 0 Å². The number of hydrogen-bond acceptors (Lipinski definition) is 9. The Hall–Kier alpha value is -3.79. The maximum Gasteiger partial charge on any atom is 0.301 e. The van der Waals surface area contributed by atoms with Gasteiger partial charge in [0.2, 0.25) is 5.13 Å². The number of aryl methyl sites for hydroxylation is 1. The van der Waals surface area contributed by atoms with Gasteiger partial charge in [-0.3, -0.25) is 19.5 Å². The van der Waals surface area contributed by atoms with E-state index < -0.39 is 17.7 Å². The summed E-state index contributed by atoms with van der Waals surface area (Å²) in [5.74, 6) is -0.898. The molecule has 10 heteroatoms. The Morgan fingerprint density at radius 2 is 1.97 bits per heavy atom.